The quantitative estimate of drug-likeness (QED) is 0.902. The normalized spacial score (nSPS) is 18.0. The van der Waals surface area contributed by atoms with E-state index in [4.69, 9.17) is 0 Å². The number of thiazole rings is 1. The van der Waals surface area contributed by atoms with E-state index < -0.39 is 0 Å². The highest BCUT2D eigenvalue weighted by Gasteiger charge is 2.24. The van der Waals surface area contributed by atoms with E-state index in [-0.39, 0.29) is 11.7 Å². The van der Waals surface area contributed by atoms with Crippen LogP contribution in [0.15, 0.2) is 18.5 Å². The molecule has 24 heavy (non-hydrogen) atoms. The van der Waals surface area contributed by atoms with E-state index >= 15 is 0 Å². The van der Waals surface area contributed by atoms with Gasteiger partial charge in [-0.25, -0.2) is 9.37 Å². The number of hydrogen-bond donors (Lipinski definition) is 1. The second-order valence-electron chi connectivity index (χ2n) is 6.32. The van der Waals surface area contributed by atoms with Gasteiger partial charge in [0.15, 0.2) is 5.13 Å². The number of likely N-dealkylation sites (tertiary alicyclic amines) is 1. The number of aromatic nitrogens is 2. The second kappa shape index (κ2) is 7.36. The fraction of sp³-hybridized carbons (Fsp3) is 0.471. The van der Waals surface area contributed by atoms with Gasteiger partial charge in [-0.3, -0.25) is 14.7 Å². The Morgan fingerprint density at radius 2 is 2.29 bits per heavy atom. The van der Waals surface area contributed by atoms with Crippen molar-refractivity contribution in [3.63, 3.8) is 0 Å². The van der Waals surface area contributed by atoms with Crippen LogP contribution >= 0.6 is 11.3 Å². The third-order valence-electron chi connectivity index (χ3n) is 4.22. The summed E-state index contributed by atoms with van der Waals surface area (Å²) in [5.74, 6) is 0.174. The molecule has 5 nitrogen and oxygen atoms in total. The number of pyridine rings is 1. The molecule has 0 saturated carbocycles. The lowest BCUT2D eigenvalue weighted by Crippen LogP contribution is -2.20. The molecule has 1 unspecified atom stereocenters. The third-order valence-corrected chi connectivity index (χ3v) is 5.12. The molecule has 3 rings (SSSR count). The van der Waals surface area contributed by atoms with Crippen LogP contribution in [0, 0.1) is 18.7 Å². The van der Waals surface area contributed by atoms with Crippen molar-refractivity contribution in [1.29, 1.82) is 0 Å². The van der Waals surface area contributed by atoms with E-state index in [2.05, 4.69) is 20.2 Å². The van der Waals surface area contributed by atoms with Gasteiger partial charge in [-0.05, 0) is 43.9 Å². The first kappa shape index (κ1) is 17.0. The summed E-state index contributed by atoms with van der Waals surface area (Å²) in [5, 5.41) is 3.37. The molecule has 0 aliphatic carbocycles. The van der Waals surface area contributed by atoms with Crippen LogP contribution < -0.4 is 5.32 Å². The zero-order chi connectivity index (χ0) is 17.1. The molecule has 0 spiro atoms. The molecule has 1 saturated heterocycles. The van der Waals surface area contributed by atoms with Crippen LogP contribution in [0.1, 0.15) is 29.5 Å². The molecule has 1 fully saturated rings. The van der Waals surface area contributed by atoms with Gasteiger partial charge in [-0.15, -0.1) is 11.3 Å². The topological polar surface area (TPSA) is 58.1 Å². The van der Waals surface area contributed by atoms with Gasteiger partial charge in [0.05, 0.1) is 6.20 Å². The van der Waals surface area contributed by atoms with Crippen LogP contribution in [0.2, 0.25) is 0 Å². The first-order chi connectivity index (χ1) is 11.5. The third kappa shape index (κ3) is 4.36. The Morgan fingerprint density at radius 1 is 1.46 bits per heavy atom. The fourth-order valence-electron chi connectivity index (χ4n) is 3.09. The van der Waals surface area contributed by atoms with Crippen molar-refractivity contribution >= 4 is 22.4 Å². The van der Waals surface area contributed by atoms with E-state index in [1.165, 1.54) is 24.5 Å². The van der Waals surface area contributed by atoms with Crippen LogP contribution in [0.3, 0.4) is 0 Å². The molecule has 0 aromatic carbocycles. The lowest BCUT2D eigenvalue weighted by Gasteiger charge is -2.15. The highest BCUT2D eigenvalue weighted by molar-refractivity contribution is 7.15. The van der Waals surface area contributed by atoms with E-state index in [0.29, 0.717) is 11.0 Å². The Labute approximate surface area is 144 Å². The number of rotatable bonds is 5. The van der Waals surface area contributed by atoms with Gasteiger partial charge in [-0.2, -0.15) is 0 Å². The summed E-state index contributed by atoms with van der Waals surface area (Å²) in [4.78, 5) is 23.1. The molecule has 1 aliphatic rings. The Kier molecular flexibility index (Phi) is 5.20. The maximum Gasteiger partial charge on any atom is 0.223 e. The Morgan fingerprint density at radius 3 is 3.04 bits per heavy atom. The zero-order valence-corrected chi connectivity index (χ0v) is 14.7. The first-order valence-corrected chi connectivity index (χ1v) is 8.87. The molecule has 3 heterocycles. The smallest absolute Gasteiger partial charge is 0.223 e. The molecule has 128 valence electrons. The molecule has 1 N–H and O–H groups in total. The molecule has 0 bridgehead atoms. The molecule has 7 heteroatoms. The number of carbonyl (C=O) groups is 1. The average molecular weight is 348 g/mol. The van der Waals surface area contributed by atoms with E-state index in [1.807, 2.05) is 13.1 Å². The lowest BCUT2D eigenvalue weighted by atomic mass is 10.00. The van der Waals surface area contributed by atoms with Gasteiger partial charge in [0.1, 0.15) is 5.82 Å². The molecular weight excluding hydrogens is 327 g/mol. The molecule has 1 aliphatic heterocycles. The summed E-state index contributed by atoms with van der Waals surface area (Å²) in [5.41, 5.74) is 1.92. The van der Waals surface area contributed by atoms with E-state index in [0.717, 1.165) is 48.6 Å². The van der Waals surface area contributed by atoms with Gasteiger partial charge in [0, 0.05) is 36.8 Å². The first-order valence-electron chi connectivity index (χ1n) is 8.05. The van der Waals surface area contributed by atoms with Gasteiger partial charge in [0.25, 0.3) is 0 Å². The number of carbonyl (C=O) groups excluding carboxylic acids is 1. The van der Waals surface area contributed by atoms with Gasteiger partial charge in [-0.1, -0.05) is 0 Å². The fourth-order valence-corrected chi connectivity index (χ4v) is 3.99. The Balaban J connectivity index is 1.53. The summed E-state index contributed by atoms with van der Waals surface area (Å²) in [6.45, 7) is 6.30. The number of anilines is 1. The minimum absolute atomic E-state index is 0.0979. The van der Waals surface area contributed by atoms with Crippen molar-refractivity contribution in [2.75, 3.05) is 18.4 Å². The van der Waals surface area contributed by atoms with Gasteiger partial charge >= 0.3 is 0 Å². The molecular formula is C17H21FN4OS. The van der Waals surface area contributed by atoms with Crippen molar-refractivity contribution in [2.24, 2.45) is 5.92 Å². The van der Waals surface area contributed by atoms with Crippen molar-refractivity contribution in [3.8, 4) is 0 Å². The van der Waals surface area contributed by atoms with Crippen LogP contribution in [0.5, 0.6) is 0 Å². The number of hydrogen-bond acceptors (Lipinski definition) is 5. The van der Waals surface area contributed by atoms with Crippen molar-refractivity contribution in [3.05, 3.63) is 40.4 Å². The summed E-state index contributed by atoms with van der Waals surface area (Å²) in [6.07, 6.45) is 5.14. The maximum atomic E-state index is 13.1. The highest BCUT2D eigenvalue weighted by atomic mass is 32.1. The molecule has 1 atom stereocenters. The van der Waals surface area contributed by atoms with E-state index in [1.54, 1.807) is 6.07 Å². The lowest BCUT2D eigenvalue weighted by molar-refractivity contribution is -0.114. The van der Waals surface area contributed by atoms with E-state index in [9.17, 15) is 9.18 Å². The standard InChI is InChI=1S/C17H21FN4OS/c1-11-5-14(18)7-19-16(11)6-13-3-4-22(9-13)10-15-8-20-17(24-15)21-12(2)23/h5,7-8,13H,3-4,6,9-10H2,1-2H3,(H,20,21,23). The molecule has 1 amide bonds. The molecule has 0 radical (unpaired) electrons. The van der Waals surface area contributed by atoms with Crippen LogP contribution in [0.25, 0.3) is 0 Å². The summed E-state index contributed by atoms with van der Waals surface area (Å²) in [7, 11) is 0. The maximum absolute atomic E-state index is 13.1. The monoisotopic (exact) mass is 348 g/mol. The predicted molar refractivity (Wildman–Crippen MR) is 92.4 cm³/mol. The highest BCUT2D eigenvalue weighted by Crippen LogP contribution is 2.25. The largest absolute Gasteiger partial charge is 0.302 e. The number of amides is 1. The molecule has 2 aromatic rings. The minimum atomic E-state index is -0.274. The average Bonchev–Trinajstić information content (AvgIpc) is 3.12. The van der Waals surface area contributed by atoms with Crippen molar-refractivity contribution in [2.45, 2.75) is 33.2 Å². The van der Waals surface area contributed by atoms with Gasteiger partial charge in [0.2, 0.25) is 5.91 Å². The Bertz CT molecular complexity index is 733. The molecule has 2 aromatic heterocycles. The summed E-state index contributed by atoms with van der Waals surface area (Å²) in [6, 6.07) is 1.55. The summed E-state index contributed by atoms with van der Waals surface area (Å²) < 4.78 is 13.1. The van der Waals surface area contributed by atoms with Crippen LogP contribution in [0.4, 0.5) is 9.52 Å². The predicted octanol–water partition coefficient (Wildman–Crippen LogP) is 3.01. The zero-order valence-electron chi connectivity index (χ0n) is 13.9. The number of nitrogens with one attached hydrogen (secondary N) is 1. The number of halogens is 1. The van der Waals surface area contributed by atoms with Crippen LogP contribution in [-0.2, 0) is 17.8 Å². The number of nitrogens with zero attached hydrogens (tertiary/aromatic N) is 3. The summed E-state index contributed by atoms with van der Waals surface area (Å²) >= 11 is 1.52. The second-order valence-corrected chi connectivity index (χ2v) is 7.44. The SMILES string of the molecule is CC(=O)Nc1ncc(CN2CCC(Cc3ncc(F)cc3C)C2)s1. The Hall–Kier alpha value is -1.86. The van der Waals surface area contributed by atoms with Crippen LogP contribution in [-0.4, -0.2) is 33.9 Å². The minimum Gasteiger partial charge on any atom is -0.302 e. The van der Waals surface area contributed by atoms with Crippen molar-refractivity contribution in [1.82, 2.24) is 14.9 Å². The van der Waals surface area contributed by atoms with Gasteiger partial charge < -0.3 is 5.32 Å². The number of aryl methyl sites for hydroxylation is 1. The van der Waals surface area contributed by atoms with Crippen molar-refractivity contribution < 1.29 is 9.18 Å².